The number of para-hydroxylation sites is 2. The van der Waals surface area contributed by atoms with Gasteiger partial charge >= 0.3 is 0 Å². The first-order valence-corrected chi connectivity index (χ1v) is 11.0. The van der Waals surface area contributed by atoms with Crippen molar-refractivity contribution in [1.82, 2.24) is 19.6 Å². The molecule has 2 aromatic heterocycles. The van der Waals surface area contributed by atoms with Gasteiger partial charge in [0.2, 0.25) is 0 Å². The van der Waals surface area contributed by atoms with Crippen molar-refractivity contribution in [3.63, 3.8) is 0 Å². The van der Waals surface area contributed by atoms with E-state index in [2.05, 4.69) is 23.8 Å². The largest absolute Gasteiger partial charge is 0.493 e. The van der Waals surface area contributed by atoms with Crippen LogP contribution < -0.4 is 9.47 Å². The Bertz CT molecular complexity index is 1050. The number of furan rings is 1. The van der Waals surface area contributed by atoms with Crippen LogP contribution in [-0.2, 0) is 19.7 Å². The van der Waals surface area contributed by atoms with Gasteiger partial charge < -0.3 is 18.8 Å². The van der Waals surface area contributed by atoms with Crippen LogP contribution >= 0.6 is 0 Å². The Kier molecular flexibility index (Phi) is 6.80. The summed E-state index contributed by atoms with van der Waals surface area (Å²) in [7, 11) is 1.60. The standard InChI is InChI=1S/C24H30N4O4/c1-4-28-18(2)19(15-25-28)16-26-11-13-27(14-12-26)24(29)23-10-9-20(32-23)17-31-22-8-6-5-7-21(22)30-3/h5-10,15H,4,11-14,16-17H2,1-3H3. The summed E-state index contributed by atoms with van der Waals surface area (Å²) >= 11 is 0. The highest BCUT2D eigenvalue weighted by Gasteiger charge is 2.25. The van der Waals surface area contributed by atoms with E-state index in [9.17, 15) is 4.79 Å². The van der Waals surface area contributed by atoms with Crippen LogP contribution in [-0.4, -0.2) is 58.8 Å². The Hall–Kier alpha value is -3.26. The Morgan fingerprint density at radius 1 is 1.09 bits per heavy atom. The predicted molar refractivity (Wildman–Crippen MR) is 120 cm³/mol. The maximum Gasteiger partial charge on any atom is 0.289 e. The highest BCUT2D eigenvalue weighted by molar-refractivity contribution is 5.91. The van der Waals surface area contributed by atoms with Gasteiger partial charge in [0, 0.05) is 50.5 Å². The van der Waals surface area contributed by atoms with Crippen LogP contribution in [0.5, 0.6) is 11.5 Å². The van der Waals surface area contributed by atoms with Gasteiger partial charge in [-0.3, -0.25) is 14.4 Å². The molecule has 1 aliphatic heterocycles. The van der Waals surface area contributed by atoms with Crippen LogP contribution in [0.4, 0.5) is 0 Å². The molecule has 8 nitrogen and oxygen atoms in total. The van der Waals surface area contributed by atoms with Gasteiger partial charge in [0.1, 0.15) is 12.4 Å². The van der Waals surface area contributed by atoms with Crippen LogP contribution in [0.3, 0.4) is 0 Å². The van der Waals surface area contributed by atoms with E-state index in [1.54, 1.807) is 19.2 Å². The van der Waals surface area contributed by atoms with Crippen LogP contribution in [0.25, 0.3) is 0 Å². The molecule has 32 heavy (non-hydrogen) atoms. The van der Waals surface area contributed by atoms with E-state index in [1.165, 1.54) is 11.3 Å². The fourth-order valence-corrected chi connectivity index (χ4v) is 3.92. The molecule has 0 saturated carbocycles. The summed E-state index contributed by atoms with van der Waals surface area (Å²) in [5, 5.41) is 4.42. The van der Waals surface area contributed by atoms with Crippen LogP contribution in [0.15, 0.2) is 47.0 Å². The minimum absolute atomic E-state index is 0.0804. The molecule has 0 aliphatic carbocycles. The Labute approximate surface area is 188 Å². The van der Waals surface area contributed by atoms with Gasteiger partial charge in [0.15, 0.2) is 17.3 Å². The number of amides is 1. The molecule has 0 unspecified atom stereocenters. The molecule has 1 fully saturated rings. The normalized spacial score (nSPS) is 14.5. The van der Waals surface area contributed by atoms with Crippen LogP contribution in [0.2, 0.25) is 0 Å². The minimum Gasteiger partial charge on any atom is -0.493 e. The zero-order chi connectivity index (χ0) is 22.5. The number of aromatic nitrogens is 2. The van der Waals surface area contributed by atoms with Crippen molar-refractivity contribution < 1.29 is 18.7 Å². The van der Waals surface area contributed by atoms with E-state index in [0.717, 1.165) is 26.2 Å². The number of aryl methyl sites for hydroxylation is 1. The summed E-state index contributed by atoms with van der Waals surface area (Å²) in [4.78, 5) is 17.1. The molecule has 1 amide bonds. The molecule has 170 valence electrons. The summed E-state index contributed by atoms with van der Waals surface area (Å²) in [5.74, 6) is 2.15. The second kappa shape index (κ2) is 9.91. The molecule has 8 heteroatoms. The van der Waals surface area contributed by atoms with Gasteiger partial charge in [-0.15, -0.1) is 0 Å². The first kappa shape index (κ1) is 22.0. The molecular formula is C24H30N4O4. The van der Waals surface area contributed by atoms with Gasteiger partial charge in [0.05, 0.1) is 13.3 Å². The second-order valence-corrected chi connectivity index (χ2v) is 7.84. The van der Waals surface area contributed by atoms with Crippen molar-refractivity contribution in [3.8, 4) is 11.5 Å². The van der Waals surface area contributed by atoms with Crippen molar-refractivity contribution in [3.05, 3.63) is 65.4 Å². The average Bonchev–Trinajstić information content (AvgIpc) is 3.44. The fourth-order valence-electron chi connectivity index (χ4n) is 3.92. The van der Waals surface area contributed by atoms with Gasteiger partial charge in [-0.2, -0.15) is 5.10 Å². The number of hydrogen-bond donors (Lipinski definition) is 0. The lowest BCUT2D eigenvalue weighted by atomic mass is 10.2. The molecule has 0 atom stereocenters. The van der Waals surface area contributed by atoms with Crippen molar-refractivity contribution in [2.45, 2.75) is 33.5 Å². The number of methoxy groups -OCH3 is 1. The van der Waals surface area contributed by atoms with E-state index < -0.39 is 0 Å². The SMILES string of the molecule is CCn1ncc(CN2CCN(C(=O)c3ccc(COc4ccccc4OC)o3)CC2)c1C. The number of rotatable bonds is 8. The lowest BCUT2D eigenvalue weighted by Crippen LogP contribution is -2.48. The number of nitrogens with zero attached hydrogens (tertiary/aromatic N) is 4. The zero-order valence-electron chi connectivity index (χ0n) is 18.9. The molecule has 3 heterocycles. The molecule has 1 aromatic carbocycles. The second-order valence-electron chi connectivity index (χ2n) is 7.84. The summed E-state index contributed by atoms with van der Waals surface area (Å²) in [6.07, 6.45) is 1.95. The zero-order valence-corrected chi connectivity index (χ0v) is 18.9. The van der Waals surface area contributed by atoms with Gasteiger partial charge in [0.25, 0.3) is 5.91 Å². The Balaban J connectivity index is 1.29. The molecule has 0 spiro atoms. The molecule has 0 radical (unpaired) electrons. The van der Waals surface area contributed by atoms with Gasteiger partial charge in [-0.25, -0.2) is 0 Å². The summed E-state index contributed by atoms with van der Waals surface area (Å²) < 4.78 is 18.9. The summed E-state index contributed by atoms with van der Waals surface area (Å²) in [6, 6.07) is 10.9. The molecular weight excluding hydrogens is 408 g/mol. The van der Waals surface area contributed by atoms with E-state index >= 15 is 0 Å². The van der Waals surface area contributed by atoms with E-state index in [4.69, 9.17) is 13.9 Å². The van der Waals surface area contributed by atoms with Gasteiger partial charge in [-0.05, 0) is 38.1 Å². The highest BCUT2D eigenvalue weighted by Crippen LogP contribution is 2.27. The monoisotopic (exact) mass is 438 g/mol. The smallest absolute Gasteiger partial charge is 0.289 e. The lowest BCUT2D eigenvalue weighted by Gasteiger charge is -2.34. The molecule has 0 N–H and O–H groups in total. The van der Waals surface area contributed by atoms with Crippen LogP contribution in [0, 0.1) is 6.92 Å². The summed E-state index contributed by atoms with van der Waals surface area (Å²) in [6.45, 7) is 9.17. The Morgan fingerprint density at radius 2 is 1.84 bits per heavy atom. The molecule has 0 bridgehead atoms. The third-order valence-corrected chi connectivity index (χ3v) is 5.87. The van der Waals surface area contributed by atoms with E-state index in [0.29, 0.717) is 36.1 Å². The molecule has 1 saturated heterocycles. The predicted octanol–water partition coefficient (Wildman–Crippen LogP) is 3.35. The van der Waals surface area contributed by atoms with Crippen molar-refractivity contribution in [2.24, 2.45) is 0 Å². The molecule has 4 rings (SSSR count). The van der Waals surface area contributed by atoms with Gasteiger partial charge in [-0.1, -0.05) is 12.1 Å². The van der Waals surface area contributed by atoms with Crippen molar-refractivity contribution >= 4 is 5.91 Å². The number of benzene rings is 1. The third-order valence-electron chi connectivity index (χ3n) is 5.87. The number of carbonyl (C=O) groups is 1. The van der Waals surface area contributed by atoms with Crippen LogP contribution in [0.1, 0.15) is 34.5 Å². The average molecular weight is 439 g/mol. The molecule has 3 aromatic rings. The Morgan fingerprint density at radius 3 is 2.53 bits per heavy atom. The van der Waals surface area contributed by atoms with Crippen molar-refractivity contribution in [1.29, 1.82) is 0 Å². The number of carbonyl (C=O) groups excluding carboxylic acids is 1. The topological polar surface area (TPSA) is 73.0 Å². The number of hydrogen-bond acceptors (Lipinski definition) is 6. The number of piperazine rings is 1. The maximum absolute atomic E-state index is 12.9. The van der Waals surface area contributed by atoms with E-state index in [-0.39, 0.29) is 12.5 Å². The first-order chi connectivity index (χ1) is 15.6. The highest BCUT2D eigenvalue weighted by atomic mass is 16.5. The summed E-state index contributed by atoms with van der Waals surface area (Å²) in [5.41, 5.74) is 2.46. The fraction of sp³-hybridized carbons (Fsp3) is 0.417. The lowest BCUT2D eigenvalue weighted by molar-refractivity contribution is 0.0593. The minimum atomic E-state index is -0.0804. The van der Waals surface area contributed by atoms with Crippen molar-refractivity contribution in [2.75, 3.05) is 33.3 Å². The number of ether oxygens (including phenoxy) is 2. The third kappa shape index (κ3) is 4.80. The quantitative estimate of drug-likeness (QED) is 0.537. The molecule has 1 aliphatic rings. The van der Waals surface area contributed by atoms with E-state index in [1.807, 2.05) is 40.0 Å². The first-order valence-electron chi connectivity index (χ1n) is 11.0. The maximum atomic E-state index is 12.9.